The minimum atomic E-state index is -0.468. The summed E-state index contributed by atoms with van der Waals surface area (Å²) in [6.07, 6.45) is 0.591. The minimum Gasteiger partial charge on any atom is -0.431 e. The molecule has 2 aromatic rings. The molecule has 98 valence electrons. The van der Waals surface area contributed by atoms with Crippen molar-refractivity contribution in [1.29, 1.82) is 0 Å². The molecular weight excluding hydrogens is 292 g/mol. The highest BCUT2D eigenvalue weighted by atomic mass is 35.5. The third-order valence-electron chi connectivity index (χ3n) is 2.27. The van der Waals surface area contributed by atoms with Gasteiger partial charge in [-0.25, -0.2) is 0 Å². The van der Waals surface area contributed by atoms with E-state index in [0.29, 0.717) is 17.6 Å². The van der Waals surface area contributed by atoms with Crippen LogP contribution in [0.15, 0.2) is 18.2 Å². The Labute approximate surface area is 116 Å². The van der Waals surface area contributed by atoms with Crippen LogP contribution in [0.1, 0.15) is 15.2 Å². The zero-order valence-corrected chi connectivity index (χ0v) is 11.2. The molecule has 1 aromatic carbocycles. The summed E-state index contributed by atoms with van der Waals surface area (Å²) in [4.78, 5) is 25.0. The van der Waals surface area contributed by atoms with Gasteiger partial charge in [-0.3, -0.25) is 14.9 Å². The Morgan fingerprint density at radius 2 is 2.26 bits per heavy atom. The van der Waals surface area contributed by atoms with Crippen LogP contribution in [0.3, 0.4) is 0 Å². The highest BCUT2D eigenvalue weighted by molar-refractivity contribution is 7.15. The maximum absolute atomic E-state index is 10.7. The quantitative estimate of drug-likeness (QED) is 0.489. The number of rotatable bonds is 4. The van der Waals surface area contributed by atoms with Crippen LogP contribution >= 0.6 is 22.9 Å². The average Bonchev–Trinajstić information content (AvgIpc) is 2.69. The Bertz CT molecular complexity index is 656. The molecule has 0 radical (unpaired) electrons. The molecule has 0 bridgehead atoms. The Balaban J connectivity index is 2.26. The van der Waals surface area contributed by atoms with E-state index in [1.807, 2.05) is 0 Å². The standard InChI is InChI=1S/C11H7ClN2O4S/c1-6-4-7(2-3-8(6)14(16)17)18-11-13-10(12)9(5-15)19-11/h2-5H,1H3. The fourth-order valence-electron chi connectivity index (χ4n) is 1.41. The molecule has 0 fully saturated rings. The van der Waals surface area contributed by atoms with Crippen molar-refractivity contribution in [3.8, 4) is 10.9 Å². The topological polar surface area (TPSA) is 82.3 Å². The van der Waals surface area contributed by atoms with Crippen LogP contribution in [0.5, 0.6) is 10.9 Å². The van der Waals surface area contributed by atoms with Gasteiger partial charge in [0.25, 0.3) is 10.9 Å². The molecule has 1 heterocycles. The van der Waals surface area contributed by atoms with Crippen LogP contribution in [0.4, 0.5) is 5.69 Å². The van der Waals surface area contributed by atoms with Crippen LogP contribution in [0.25, 0.3) is 0 Å². The second-order valence-corrected chi connectivity index (χ2v) is 4.91. The van der Waals surface area contributed by atoms with Crippen LogP contribution < -0.4 is 4.74 Å². The average molecular weight is 299 g/mol. The van der Waals surface area contributed by atoms with Gasteiger partial charge in [-0.1, -0.05) is 22.9 Å². The van der Waals surface area contributed by atoms with E-state index >= 15 is 0 Å². The van der Waals surface area contributed by atoms with Gasteiger partial charge in [-0.2, -0.15) is 4.98 Å². The van der Waals surface area contributed by atoms with Gasteiger partial charge in [0, 0.05) is 11.6 Å². The van der Waals surface area contributed by atoms with Crippen LogP contribution in [0.2, 0.25) is 5.15 Å². The first-order valence-corrected chi connectivity index (χ1v) is 6.25. The summed E-state index contributed by atoms with van der Waals surface area (Å²) >= 11 is 6.71. The van der Waals surface area contributed by atoms with E-state index in [1.54, 1.807) is 6.92 Å². The van der Waals surface area contributed by atoms with E-state index in [9.17, 15) is 14.9 Å². The Kier molecular flexibility index (Phi) is 3.77. The molecule has 0 aliphatic carbocycles. The molecule has 0 aliphatic rings. The predicted molar refractivity (Wildman–Crippen MR) is 70.4 cm³/mol. The number of aromatic nitrogens is 1. The number of nitrogens with zero attached hydrogens (tertiary/aromatic N) is 2. The van der Waals surface area contributed by atoms with Crippen molar-refractivity contribution in [1.82, 2.24) is 4.98 Å². The summed E-state index contributed by atoms with van der Waals surface area (Å²) in [6.45, 7) is 1.61. The number of aryl methyl sites for hydroxylation is 1. The number of hydrogen-bond acceptors (Lipinski definition) is 6. The number of benzene rings is 1. The van der Waals surface area contributed by atoms with E-state index in [0.717, 1.165) is 11.3 Å². The van der Waals surface area contributed by atoms with E-state index in [-0.39, 0.29) is 20.9 Å². The monoisotopic (exact) mass is 298 g/mol. The fraction of sp³-hybridized carbons (Fsp3) is 0.0909. The molecule has 0 atom stereocenters. The van der Waals surface area contributed by atoms with Crippen molar-refractivity contribution in [3.63, 3.8) is 0 Å². The third-order valence-corrected chi connectivity index (χ3v) is 3.53. The van der Waals surface area contributed by atoms with Crippen molar-refractivity contribution in [2.45, 2.75) is 6.92 Å². The molecular formula is C11H7ClN2O4S. The van der Waals surface area contributed by atoms with Gasteiger partial charge in [0.05, 0.1) is 4.92 Å². The van der Waals surface area contributed by atoms with Gasteiger partial charge in [-0.05, 0) is 19.1 Å². The fourth-order valence-corrected chi connectivity index (χ4v) is 2.34. The van der Waals surface area contributed by atoms with E-state index < -0.39 is 4.92 Å². The van der Waals surface area contributed by atoms with Gasteiger partial charge >= 0.3 is 0 Å². The molecule has 0 amide bonds. The van der Waals surface area contributed by atoms with Gasteiger partial charge in [-0.15, -0.1) is 0 Å². The largest absolute Gasteiger partial charge is 0.431 e. The number of halogens is 1. The van der Waals surface area contributed by atoms with Gasteiger partial charge in [0.15, 0.2) is 11.4 Å². The molecule has 6 nitrogen and oxygen atoms in total. The first-order valence-electron chi connectivity index (χ1n) is 5.05. The van der Waals surface area contributed by atoms with Crippen molar-refractivity contribution >= 4 is 34.9 Å². The molecule has 2 rings (SSSR count). The summed E-state index contributed by atoms with van der Waals surface area (Å²) in [6, 6.07) is 4.33. The first-order chi connectivity index (χ1) is 9.01. The maximum atomic E-state index is 10.7. The molecule has 0 saturated heterocycles. The van der Waals surface area contributed by atoms with Crippen LogP contribution in [-0.4, -0.2) is 16.2 Å². The second kappa shape index (κ2) is 5.33. The van der Waals surface area contributed by atoms with Gasteiger partial charge in [0.2, 0.25) is 0 Å². The minimum absolute atomic E-state index is 0.0121. The number of thiazole rings is 1. The summed E-state index contributed by atoms with van der Waals surface area (Å²) in [5.74, 6) is 0.394. The number of hydrogen-bond donors (Lipinski definition) is 0. The summed E-state index contributed by atoms with van der Waals surface area (Å²) in [7, 11) is 0. The molecule has 1 aromatic heterocycles. The molecule has 0 spiro atoms. The van der Waals surface area contributed by atoms with Crippen molar-refractivity contribution in [2.24, 2.45) is 0 Å². The zero-order chi connectivity index (χ0) is 14.0. The number of ether oxygens (including phenoxy) is 1. The van der Waals surface area contributed by atoms with Crippen LogP contribution in [-0.2, 0) is 0 Å². The lowest BCUT2D eigenvalue weighted by atomic mass is 10.2. The van der Waals surface area contributed by atoms with E-state index in [4.69, 9.17) is 16.3 Å². The Hall–Kier alpha value is -1.99. The second-order valence-electron chi connectivity index (χ2n) is 3.56. The number of carbonyl (C=O) groups is 1. The number of nitro benzene ring substituents is 1. The molecule has 0 saturated carbocycles. The van der Waals surface area contributed by atoms with Gasteiger partial charge < -0.3 is 4.74 Å². The summed E-state index contributed by atoms with van der Waals surface area (Å²) in [5.41, 5.74) is 0.485. The zero-order valence-electron chi connectivity index (χ0n) is 9.62. The van der Waals surface area contributed by atoms with E-state index in [1.165, 1.54) is 18.2 Å². The van der Waals surface area contributed by atoms with E-state index in [2.05, 4.69) is 4.98 Å². The molecule has 0 aliphatic heterocycles. The normalized spacial score (nSPS) is 10.2. The number of carbonyl (C=O) groups excluding carboxylic acids is 1. The van der Waals surface area contributed by atoms with Crippen molar-refractivity contribution < 1.29 is 14.5 Å². The van der Waals surface area contributed by atoms with Gasteiger partial charge in [0.1, 0.15) is 10.6 Å². The first kappa shape index (κ1) is 13.4. The highest BCUT2D eigenvalue weighted by Crippen LogP contribution is 2.32. The molecule has 19 heavy (non-hydrogen) atoms. The van der Waals surface area contributed by atoms with Crippen molar-refractivity contribution in [3.05, 3.63) is 43.9 Å². The summed E-state index contributed by atoms with van der Waals surface area (Å²) in [5, 5.41) is 11.0. The molecule has 0 N–H and O–H groups in total. The van der Waals surface area contributed by atoms with Crippen molar-refractivity contribution in [2.75, 3.05) is 0 Å². The lowest BCUT2D eigenvalue weighted by Crippen LogP contribution is -1.92. The number of aldehydes is 1. The Morgan fingerprint density at radius 1 is 1.53 bits per heavy atom. The number of nitro groups is 1. The molecule has 0 unspecified atom stereocenters. The van der Waals surface area contributed by atoms with Crippen LogP contribution in [0, 0.1) is 17.0 Å². The smallest absolute Gasteiger partial charge is 0.280 e. The predicted octanol–water partition coefficient (Wildman–Crippen LogP) is 3.62. The lowest BCUT2D eigenvalue weighted by Gasteiger charge is -2.02. The Morgan fingerprint density at radius 3 is 2.79 bits per heavy atom. The molecule has 8 heteroatoms. The lowest BCUT2D eigenvalue weighted by molar-refractivity contribution is -0.385. The SMILES string of the molecule is Cc1cc(Oc2nc(Cl)c(C=O)s2)ccc1[N+](=O)[O-]. The highest BCUT2D eigenvalue weighted by Gasteiger charge is 2.13. The maximum Gasteiger partial charge on any atom is 0.280 e. The summed E-state index contributed by atoms with van der Waals surface area (Å²) < 4.78 is 5.40. The third kappa shape index (κ3) is 2.88.